The number of hydrogen-bond acceptors (Lipinski definition) is 3. The van der Waals surface area contributed by atoms with Crippen molar-refractivity contribution in [3.63, 3.8) is 0 Å². The van der Waals surface area contributed by atoms with Crippen LogP contribution < -0.4 is 10.4 Å². The zero-order chi connectivity index (χ0) is 18.4. The molecular formula is C23H19N3Si. The van der Waals surface area contributed by atoms with E-state index in [9.17, 15) is 0 Å². The van der Waals surface area contributed by atoms with Crippen LogP contribution in [0.1, 0.15) is 0 Å². The molecule has 27 heavy (non-hydrogen) atoms. The van der Waals surface area contributed by atoms with Gasteiger partial charge in [-0.25, -0.2) is 9.97 Å². The maximum Gasteiger partial charge on any atom is 0.160 e. The fourth-order valence-corrected chi connectivity index (χ4v) is 7.28. The van der Waals surface area contributed by atoms with Crippen LogP contribution in [0.25, 0.3) is 33.9 Å². The van der Waals surface area contributed by atoms with Crippen molar-refractivity contribution in [2.45, 2.75) is 13.1 Å². The van der Waals surface area contributed by atoms with E-state index in [1.807, 2.05) is 42.7 Å². The average Bonchev–Trinajstić information content (AvgIpc) is 2.96. The molecule has 0 N–H and O–H groups in total. The Bertz CT molecular complexity index is 1140. The summed E-state index contributed by atoms with van der Waals surface area (Å²) in [7, 11) is -1.88. The molecule has 0 bridgehead atoms. The lowest BCUT2D eigenvalue weighted by Crippen LogP contribution is -2.50. The Morgan fingerprint density at radius 1 is 0.667 bits per heavy atom. The Hall–Kier alpha value is -3.11. The highest BCUT2D eigenvalue weighted by atomic mass is 28.3. The summed E-state index contributed by atoms with van der Waals surface area (Å²) in [5, 5.41) is 2.77. The van der Waals surface area contributed by atoms with E-state index in [0.717, 1.165) is 28.3 Å². The van der Waals surface area contributed by atoms with Gasteiger partial charge in [0.05, 0.1) is 11.4 Å². The molecule has 5 rings (SSSR count). The predicted octanol–water partition coefficient (Wildman–Crippen LogP) is 4.01. The molecule has 1 aliphatic heterocycles. The molecule has 0 radical (unpaired) electrons. The van der Waals surface area contributed by atoms with E-state index in [2.05, 4.69) is 54.5 Å². The summed E-state index contributed by atoms with van der Waals surface area (Å²) < 4.78 is 0. The topological polar surface area (TPSA) is 38.7 Å². The Morgan fingerprint density at radius 2 is 1.33 bits per heavy atom. The summed E-state index contributed by atoms with van der Waals surface area (Å²) in [5.41, 5.74) is 5.56. The molecule has 0 saturated heterocycles. The molecule has 0 unspecified atom stereocenters. The monoisotopic (exact) mass is 365 g/mol. The minimum absolute atomic E-state index is 0.780. The summed E-state index contributed by atoms with van der Waals surface area (Å²) in [5.74, 6) is 0.780. The number of nitrogens with zero attached hydrogens (tertiary/aromatic N) is 3. The van der Waals surface area contributed by atoms with Crippen LogP contribution in [0.2, 0.25) is 13.1 Å². The molecule has 0 atom stereocenters. The van der Waals surface area contributed by atoms with E-state index in [-0.39, 0.29) is 0 Å². The quantitative estimate of drug-likeness (QED) is 0.504. The zero-order valence-corrected chi connectivity index (χ0v) is 16.3. The fourth-order valence-electron chi connectivity index (χ4n) is 4.05. The smallest absolute Gasteiger partial charge is 0.160 e. The van der Waals surface area contributed by atoms with E-state index in [4.69, 9.17) is 9.97 Å². The van der Waals surface area contributed by atoms with Crippen molar-refractivity contribution >= 4 is 18.4 Å². The van der Waals surface area contributed by atoms with Crippen LogP contribution in [-0.4, -0.2) is 23.0 Å². The SMILES string of the molecule is C[Si]1(C)c2ccccc2-c2nc(-c3ccccc3)nc(-c3ccncc3)c21. The Labute approximate surface area is 159 Å². The molecule has 0 amide bonds. The third-order valence-corrected chi connectivity index (χ3v) is 8.88. The van der Waals surface area contributed by atoms with Gasteiger partial charge in [-0.3, -0.25) is 4.98 Å². The van der Waals surface area contributed by atoms with Crippen molar-refractivity contribution in [2.24, 2.45) is 0 Å². The molecule has 0 fully saturated rings. The largest absolute Gasteiger partial charge is 0.265 e. The van der Waals surface area contributed by atoms with Crippen LogP contribution in [0.15, 0.2) is 79.1 Å². The number of hydrogen-bond donors (Lipinski definition) is 0. The van der Waals surface area contributed by atoms with E-state index in [1.165, 1.54) is 15.9 Å². The number of rotatable bonds is 2. The van der Waals surface area contributed by atoms with Gasteiger partial charge in [-0.1, -0.05) is 67.7 Å². The molecule has 0 saturated carbocycles. The highest BCUT2D eigenvalue weighted by Gasteiger charge is 2.41. The van der Waals surface area contributed by atoms with Crippen LogP contribution in [0.3, 0.4) is 0 Å². The van der Waals surface area contributed by atoms with Gasteiger partial charge in [0.25, 0.3) is 0 Å². The second kappa shape index (κ2) is 5.96. The van der Waals surface area contributed by atoms with E-state index >= 15 is 0 Å². The van der Waals surface area contributed by atoms with Crippen LogP contribution in [0.4, 0.5) is 0 Å². The Balaban J connectivity index is 1.87. The van der Waals surface area contributed by atoms with Gasteiger partial charge in [0, 0.05) is 23.5 Å². The highest BCUT2D eigenvalue weighted by molar-refractivity contribution is 7.04. The van der Waals surface area contributed by atoms with Crippen LogP contribution in [0.5, 0.6) is 0 Å². The van der Waals surface area contributed by atoms with Crippen molar-refractivity contribution < 1.29 is 0 Å². The lowest BCUT2D eigenvalue weighted by Gasteiger charge is -2.21. The van der Waals surface area contributed by atoms with Crippen LogP contribution >= 0.6 is 0 Å². The van der Waals surface area contributed by atoms with E-state index in [0.29, 0.717) is 0 Å². The Kier molecular flexibility index (Phi) is 3.55. The summed E-state index contributed by atoms with van der Waals surface area (Å²) in [6, 6.07) is 23.0. The minimum Gasteiger partial charge on any atom is -0.265 e. The lowest BCUT2D eigenvalue weighted by atomic mass is 10.1. The van der Waals surface area contributed by atoms with Gasteiger partial charge >= 0.3 is 0 Å². The maximum atomic E-state index is 5.06. The van der Waals surface area contributed by atoms with Crippen molar-refractivity contribution in [3.8, 4) is 33.9 Å². The molecule has 3 nitrogen and oxygen atoms in total. The zero-order valence-electron chi connectivity index (χ0n) is 15.3. The first-order valence-electron chi connectivity index (χ1n) is 9.14. The van der Waals surface area contributed by atoms with Crippen molar-refractivity contribution in [1.82, 2.24) is 15.0 Å². The molecule has 4 aromatic rings. The van der Waals surface area contributed by atoms with Crippen LogP contribution in [0, 0.1) is 0 Å². The predicted molar refractivity (Wildman–Crippen MR) is 113 cm³/mol. The summed E-state index contributed by atoms with van der Waals surface area (Å²) in [6.07, 6.45) is 3.67. The minimum atomic E-state index is -1.88. The number of benzene rings is 2. The van der Waals surface area contributed by atoms with Gasteiger partial charge in [-0.2, -0.15) is 0 Å². The molecular weight excluding hydrogens is 346 g/mol. The standard InChI is InChI=1S/C23H19N3Si/c1-27(2)19-11-7-6-10-18(19)21-22(27)20(16-12-14-24-15-13-16)25-23(26-21)17-8-4-3-5-9-17/h3-15H,1-2H3. The molecule has 3 heterocycles. The second-order valence-corrected chi connectivity index (χ2v) is 11.7. The number of aromatic nitrogens is 3. The molecule has 0 spiro atoms. The first kappa shape index (κ1) is 16.1. The van der Waals surface area contributed by atoms with Gasteiger partial charge in [0.15, 0.2) is 5.82 Å². The van der Waals surface area contributed by atoms with Gasteiger partial charge < -0.3 is 0 Å². The Morgan fingerprint density at radius 3 is 2.11 bits per heavy atom. The van der Waals surface area contributed by atoms with E-state index in [1.54, 1.807) is 0 Å². The third-order valence-electron chi connectivity index (χ3n) is 5.38. The maximum absolute atomic E-state index is 5.06. The van der Waals surface area contributed by atoms with Gasteiger partial charge in [-0.15, -0.1) is 0 Å². The molecule has 130 valence electrons. The molecule has 1 aliphatic rings. The first-order valence-corrected chi connectivity index (χ1v) is 12.1. The van der Waals surface area contributed by atoms with Gasteiger partial charge in [-0.05, 0) is 28.1 Å². The fraction of sp³-hybridized carbons (Fsp3) is 0.0870. The summed E-state index contributed by atoms with van der Waals surface area (Å²) in [4.78, 5) is 14.3. The first-order chi connectivity index (χ1) is 13.2. The summed E-state index contributed by atoms with van der Waals surface area (Å²) >= 11 is 0. The average molecular weight is 366 g/mol. The normalized spacial score (nSPS) is 13.9. The third kappa shape index (κ3) is 2.45. The van der Waals surface area contributed by atoms with E-state index < -0.39 is 8.07 Å². The summed E-state index contributed by atoms with van der Waals surface area (Å²) in [6.45, 7) is 4.79. The molecule has 2 aromatic heterocycles. The lowest BCUT2D eigenvalue weighted by molar-refractivity contribution is 1.20. The highest BCUT2D eigenvalue weighted by Crippen LogP contribution is 2.32. The number of pyridine rings is 1. The van der Waals surface area contributed by atoms with Crippen molar-refractivity contribution in [3.05, 3.63) is 79.1 Å². The van der Waals surface area contributed by atoms with Gasteiger partial charge in [0.2, 0.25) is 0 Å². The molecule has 0 aliphatic carbocycles. The molecule has 4 heteroatoms. The van der Waals surface area contributed by atoms with Gasteiger partial charge in [0.1, 0.15) is 8.07 Å². The van der Waals surface area contributed by atoms with Crippen LogP contribution in [-0.2, 0) is 0 Å². The second-order valence-electron chi connectivity index (χ2n) is 7.39. The van der Waals surface area contributed by atoms with Crippen molar-refractivity contribution in [2.75, 3.05) is 0 Å². The number of fused-ring (bicyclic) bond motifs is 3. The molecule has 2 aromatic carbocycles. The van der Waals surface area contributed by atoms with Crippen molar-refractivity contribution in [1.29, 1.82) is 0 Å².